The van der Waals surface area contributed by atoms with Crippen LogP contribution in [0.15, 0.2) is 60.7 Å². The van der Waals surface area contributed by atoms with Crippen molar-refractivity contribution in [1.29, 1.82) is 0 Å². The van der Waals surface area contributed by atoms with E-state index in [1.807, 2.05) is 37.3 Å². The van der Waals surface area contributed by atoms with E-state index in [1.165, 1.54) is 4.90 Å². The minimum Gasteiger partial charge on any atom is -0.454 e. The summed E-state index contributed by atoms with van der Waals surface area (Å²) in [7, 11) is 0. The average molecular weight is 399 g/mol. The SMILES string of the molecule is Cc1cccc2c1NC(=O)C21Nc2ccccc2C(=O)N1c1ccc2c(c1)OCO2. The molecule has 0 aromatic heterocycles. The van der Waals surface area contributed by atoms with E-state index in [0.717, 1.165) is 5.56 Å². The molecule has 30 heavy (non-hydrogen) atoms. The molecule has 7 nitrogen and oxygen atoms in total. The smallest absolute Gasteiger partial charge is 0.276 e. The normalized spacial score (nSPS) is 20.6. The lowest BCUT2D eigenvalue weighted by atomic mass is 9.91. The highest BCUT2D eigenvalue weighted by Gasteiger charge is 2.57. The van der Waals surface area contributed by atoms with E-state index >= 15 is 0 Å². The molecule has 0 aliphatic carbocycles. The Morgan fingerprint density at radius 3 is 2.70 bits per heavy atom. The molecule has 1 unspecified atom stereocenters. The van der Waals surface area contributed by atoms with E-state index in [9.17, 15) is 9.59 Å². The van der Waals surface area contributed by atoms with Gasteiger partial charge >= 0.3 is 0 Å². The molecular formula is C23H17N3O4. The first-order valence-corrected chi connectivity index (χ1v) is 9.62. The van der Waals surface area contributed by atoms with E-state index in [1.54, 1.807) is 30.3 Å². The number of fused-ring (bicyclic) bond motifs is 4. The minimum absolute atomic E-state index is 0.126. The number of hydrogen-bond donors (Lipinski definition) is 2. The zero-order valence-electron chi connectivity index (χ0n) is 16.1. The fourth-order valence-electron chi connectivity index (χ4n) is 4.44. The molecule has 0 saturated carbocycles. The van der Waals surface area contributed by atoms with Gasteiger partial charge in [0.1, 0.15) is 0 Å². The van der Waals surface area contributed by atoms with Crippen LogP contribution in [0.2, 0.25) is 0 Å². The molecular weight excluding hydrogens is 382 g/mol. The van der Waals surface area contributed by atoms with Gasteiger partial charge in [-0.25, -0.2) is 0 Å². The summed E-state index contributed by atoms with van der Waals surface area (Å²) in [6.07, 6.45) is 0. The van der Waals surface area contributed by atoms with Gasteiger partial charge in [-0.3, -0.25) is 14.5 Å². The summed E-state index contributed by atoms with van der Waals surface area (Å²) in [6, 6.07) is 18.2. The van der Waals surface area contributed by atoms with Crippen LogP contribution in [-0.4, -0.2) is 18.6 Å². The Balaban J connectivity index is 1.64. The Morgan fingerprint density at radius 2 is 1.80 bits per heavy atom. The maximum Gasteiger partial charge on any atom is 0.276 e. The lowest BCUT2D eigenvalue weighted by molar-refractivity contribution is -0.119. The molecule has 2 amide bonds. The summed E-state index contributed by atoms with van der Waals surface area (Å²) in [5.41, 5.74) is 2.58. The zero-order chi connectivity index (χ0) is 20.5. The predicted molar refractivity (Wildman–Crippen MR) is 111 cm³/mol. The van der Waals surface area contributed by atoms with Crippen molar-refractivity contribution < 1.29 is 19.1 Å². The third-order valence-electron chi connectivity index (χ3n) is 5.86. The minimum atomic E-state index is -1.42. The number of anilines is 3. The summed E-state index contributed by atoms with van der Waals surface area (Å²) >= 11 is 0. The first kappa shape index (κ1) is 16.9. The number of rotatable bonds is 1. The molecule has 0 bridgehead atoms. The first-order chi connectivity index (χ1) is 14.6. The second-order valence-corrected chi connectivity index (χ2v) is 7.51. The molecule has 3 heterocycles. The summed E-state index contributed by atoms with van der Waals surface area (Å²) in [5.74, 6) is 0.565. The maximum absolute atomic E-state index is 13.8. The van der Waals surface area contributed by atoms with Gasteiger partial charge in [0.2, 0.25) is 12.5 Å². The Kier molecular flexibility index (Phi) is 3.25. The Hall–Kier alpha value is -4.00. The van der Waals surface area contributed by atoms with E-state index in [-0.39, 0.29) is 18.6 Å². The van der Waals surface area contributed by atoms with Crippen LogP contribution in [0.1, 0.15) is 21.5 Å². The van der Waals surface area contributed by atoms with Crippen LogP contribution >= 0.6 is 0 Å². The molecule has 0 saturated heterocycles. The molecule has 0 radical (unpaired) electrons. The Morgan fingerprint density at radius 1 is 0.967 bits per heavy atom. The van der Waals surface area contributed by atoms with Gasteiger partial charge in [-0.05, 0) is 36.8 Å². The van der Waals surface area contributed by atoms with Crippen molar-refractivity contribution in [2.24, 2.45) is 0 Å². The molecule has 1 spiro atoms. The number of nitrogens with one attached hydrogen (secondary N) is 2. The van der Waals surface area contributed by atoms with Crippen LogP contribution in [0.5, 0.6) is 11.5 Å². The van der Waals surface area contributed by atoms with Gasteiger partial charge in [0.25, 0.3) is 11.8 Å². The number of amides is 2. The van der Waals surface area contributed by atoms with Crippen LogP contribution in [0.4, 0.5) is 17.1 Å². The number of ether oxygens (including phenoxy) is 2. The lowest BCUT2D eigenvalue weighted by Crippen LogP contribution is -2.61. The second-order valence-electron chi connectivity index (χ2n) is 7.51. The van der Waals surface area contributed by atoms with Crippen molar-refractivity contribution >= 4 is 28.9 Å². The van der Waals surface area contributed by atoms with Gasteiger partial charge in [-0.1, -0.05) is 30.3 Å². The van der Waals surface area contributed by atoms with Crippen LogP contribution in [0.3, 0.4) is 0 Å². The van der Waals surface area contributed by atoms with Gasteiger partial charge in [0, 0.05) is 17.3 Å². The number of carbonyl (C=O) groups excluding carboxylic acids is 2. The standard InChI is InChI=1S/C23H17N3O4/c1-13-5-4-7-16-20(13)24-22(28)23(16)25-17-8-3-2-6-15(17)21(27)26(23)14-9-10-18-19(11-14)30-12-29-18/h2-11,25H,12H2,1H3,(H,24,28). The predicted octanol–water partition coefficient (Wildman–Crippen LogP) is 3.60. The topological polar surface area (TPSA) is 79.9 Å². The molecule has 2 N–H and O–H groups in total. The number of para-hydroxylation sites is 2. The molecule has 1 atom stereocenters. The van der Waals surface area contributed by atoms with Crippen LogP contribution in [0, 0.1) is 6.92 Å². The van der Waals surface area contributed by atoms with Gasteiger partial charge < -0.3 is 20.1 Å². The van der Waals surface area contributed by atoms with E-state index < -0.39 is 5.66 Å². The quantitative estimate of drug-likeness (QED) is 0.654. The van der Waals surface area contributed by atoms with E-state index in [2.05, 4.69) is 10.6 Å². The molecule has 3 aromatic carbocycles. The van der Waals surface area contributed by atoms with Crippen molar-refractivity contribution in [2.75, 3.05) is 22.3 Å². The number of carbonyl (C=O) groups is 2. The molecule has 6 rings (SSSR count). The molecule has 0 fully saturated rings. The number of benzene rings is 3. The number of nitrogens with zero attached hydrogens (tertiary/aromatic N) is 1. The number of hydrogen-bond acceptors (Lipinski definition) is 5. The third kappa shape index (κ3) is 2.03. The van der Waals surface area contributed by atoms with Crippen molar-refractivity contribution in [3.8, 4) is 11.5 Å². The van der Waals surface area contributed by atoms with E-state index in [0.29, 0.717) is 39.7 Å². The van der Waals surface area contributed by atoms with Gasteiger partial charge in [-0.15, -0.1) is 0 Å². The fourth-order valence-corrected chi connectivity index (χ4v) is 4.44. The van der Waals surface area contributed by atoms with Crippen molar-refractivity contribution in [2.45, 2.75) is 12.6 Å². The highest BCUT2D eigenvalue weighted by atomic mass is 16.7. The third-order valence-corrected chi connectivity index (χ3v) is 5.86. The number of aryl methyl sites for hydroxylation is 1. The second kappa shape index (κ2) is 5.76. The van der Waals surface area contributed by atoms with Gasteiger partial charge in [-0.2, -0.15) is 0 Å². The molecule has 148 valence electrons. The molecule has 3 aromatic rings. The fraction of sp³-hybridized carbons (Fsp3) is 0.130. The monoisotopic (exact) mass is 399 g/mol. The van der Waals surface area contributed by atoms with Crippen molar-refractivity contribution in [1.82, 2.24) is 0 Å². The summed E-state index contributed by atoms with van der Waals surface area (Å²) in [5, 5.41) is 6.35. The highest BCUT2D eigenvalue weighted by molar-refractivity contribution is 6.22. The molecule has 3 aliphatic rings. The average Bonchev–Trinajstić information content (AvgIpc) is 3.32. The first-order valence-electron chi connectivity index (χ1n) is 9.62. The van der Waals surface area contributed by atoms with Crippen molar-refractivity contribution in [3.63, 3.8) is 0 Å². The van der Waals surface area contributed by atoms with Crippen LogP contribution in [-0.2, 0) is 10.5 Å². The molecule has 3 aliphatic heterocycles. The summed E-state index contributed by atoms with van der Waals surface area (Å²) < 4.78 is 10.9. The van der Waals surface area contributed by atoms with Crippen LogP contribution in [0.25, 0.3) is 0 Å². The summed E-state index contributed by atoms with van der Waals surface area (Å²) in [4.78, 5) is 28.8. The van der Waals surface area contributed by atoms with Crippen molar-refractivity contribution in [3.05, 3.63) is 77.4 Å². The van der Waals surface area contributed by atoms with Crippen LogP contribution < -0.4 is 25.0 Å². The largest absolute Gasteiger partial charge is 0.454 e. The molecule has 7 heteroatoms. The zero-order valence-corrected chi connectivity index (χ0v) is 16.1. The Labute approximate surface area is 172 Å². The lowest BCUT2D eigenvalue weighted by Gasteiger charge is -2.44. The van der Waals surface area contributed by atoms with Gasteiger partial charge in [0.15, 0.2) is 11.5 Å². The Bertz CT molecular complexity index is 1250. The maximum atomic E-state index is 13.8. The van der Waals surface area contributed by atoms with E-state index in [4.69, 9.17) is 9.47 Å². The summed E-state index contributed by atoms with van der Waals surface area (Å²) in [6.45, 7) is 2.06. The highest BCUT2D eigenvalue weighted by Crippen LogP contribution is 2.49. The van der Waals surface area contributed by atoms with Gasteiger partial charge in [0.05, 0.1) is 16.9 Å².